The number of rotatable bonds is 4. The summed E-state index contributed by atoms with van der Waals surface area (Å²) in [5, 5.41) is 0. The summed E-state index contributed by atoms with van der Waals surface area (Å²) in [6, 6.07) is 0. The standard InChI is InChI=1S/C16H32O/c1-14(2,3)8-7-9-16(10-11-17-13-16)12-15(4,5)6/h7-13H2,1-6H3. The van der Waals surface area contributed by atoms with E-state index >= 15 is 0 Å². The molecule has 0 amide bonds. The Labute approximate surface area is 108 Å². The SMILES string of the molecule is CC(C)(C)CCCC1(CC(C)(C)C)CCOC1. The second kappa shape index (κ2) is 5.30. The Morgan fingerprint density at radius 1 is 1.00 bits per heavy atom. The molecule has 0 bridgehead atoms. The maximum atomic E-state index is 5.69. The predicted molar refractivity (Wildman–Crippen MR) is 75.2 cm³/mol. The number of hydrogen-bond acceptors (Lipinski definition) is 1. The first-order chi connectivity index (χ1) is 7.62. The van der Waals surface area contributed by atoms with Gasteiger partial charge < -0.3 is 4.74 Å². The molecular weight excluding hydrogens is 208 g/mol. The maximum Gasteiger partial charge on any atom is 0.0523 e. The third kappa shape index (κ3) is 5.90. The predicted octanol–water partition coefficient (Wildman–Crippen LogP) is 5.05. The Hall–Kier alpha value is -0.0400. The van der Waals surface area contributed by atoms with Gasteiger partial charge in [0.1, 0.15) is 0 Å². The molecule has 1 nitrogen and oxygen atoms in total. The van der Waals surface area contributed by atoms with Crippen LogP contribution in [0.25, 0.3) is 0 Å². The summed E-state index contributed by atoms with van der Waals surface area (Å²) in [6.45, 7) is 16.1. The molecule has 1 fully saturated rings. The summed E-state index contributed by atoms with van der Waals surface area (Å²) in [5.41, 5.74) is 1.38. The van der Waals surface area contributed by atoms with Crippen molar-refractivity contribution in [2.75, 3.05) is 13.2 Å². The highest BCUT2D eigenvalue weighted by atomic mass is 16.5. The Morgan fingerprint density at radius 3 is 2.06 bits per heavy atom. The van der Waals surface area contributed by atoms with Crippen LogP contribution in [0.15, 0.2) is 0 Å². The van der Waals surface area contributed by atoms with Crippen molar-refractivity contribution in [2.45, 2.75) is 73.6 Å². The molecule has 0 saturated carbocycles. The molecule has 102 valence electrons. The minimum absolute atomic E-state index is 0.426. The van der Waals surface area contributed by atoms with Crippen molar-refractivity contribution in [1.82, 2.24) is 0 Å². The summed E-state index contributed by atoms with van der Waals surface area (Å²) in [5.74, 6) is 0. The largest absolute Gasteiger partial charge is 0.381 e. The third-order valence-corrected chi connectivity index (χ3v) is 3.72. The van der Waals surface area contributed by atoms with Gasteiger partial charge in [-0.15, -0.1) is 0 Å². The van der Waals surface area contributed by atoms with E-state index in [1.165, 1.54) is 32.1 Å². The minimum atomic E-state index is 0.426. The fourth-order valence-corrected chi connectivity index (χ4v) is 3.19. The Kier molecular flexibility index (Phi) is 4.68. The van der Waals surface area contributed by atoms with Gasteiger partial charge in [-0.3, -0.25) is 0 Å². The monoisotopic (exact) mass is 240 g/mol. The lowest BCUT2D eigenvalue weighted by Gasteiger charge is -2.35. The van der Waals surface area contributed by atoms with Crippen molar-refractivity contribution in [2.24, 2.45) is 16.2 Å². The van der Waals surface area contributed by atoms with E-state index < -0.39 is 0 Å². The van der Waals surface area contributed by atoms with E-state index in [4.69, 9.17) is 4.74 Å². The summed E-state index contributed by atoms with van der Waals surface area (Å²) in [7, 11) is 0. The van der Waals surface area contributed by atoms with Gasteiger partial charge in [0.25, 0.3) is 0 Å². The van der Waals surface area contributed by atoms with Gasteiger partial charge in [0.15, 0.2) is 0 Å². The molecule has 0 aliphatic carbocycles. The van der Waals surface area contributed by atoms with Crippen molar-refractivity contribution in [3.05, 3.63) is 0 Å². The molecule has 1 rings (SSSR count). The van der Waals surface area contributed by atoms with Crippen molar-refractivity contribution in [3.63, 3.8) is 0 Å². The van der Waals surface area contributed by atoms with Crippen molar-refractivity contribution >= 4 is 0 Å². The molecule has 1 heteroatoms. The summed E-state index contributed by atoms with van der Waals surface area (Å²) in [4.78, 5) is 0. The van der Waals surface area contributed by atoms with Crippen LogP contribution in [0.2, 0.25) is 0 Å². The van der Waals surface area contributed by atoms with Gasteiger partial charge in [0, 0.05) is 6.61 Å². The lowest BCUT2D eigenvalue weighted by atomic mass is 9.70. The average Bonchev–Trinajstić information content (AvgIpc) is 2.47. The summed E-state index contributed by atoms with van der Waals surface area (Å²) >= 11 is 0. The molecule has 17 heavy (non-hydrogen) atoms. The highest BCUT2D eigenvalue weighted by molar-refractivity contribution is 4.87. The van der Waals surface area contributed by atoms with E-state index in [1.807, 2.05) is 0 Å². The van der Waals surface area contributed by atoms with Gasteiger partial charge in [-0.25, -0.2) is 0 Å². The Bertz CT molecular complexity index is 223. The molecule has 0 spiro atoms. The molecule has 0 aromatic heterocycles. The lowest BCUT2D eigenvalue weighted by Crippen LogP contribution is -2.27. The second-order valence-corrected chi connectivity index (χ2v) is 8.45. The zero-order valence-corrected chi connectivity index (χ0v) is 12.9. The highest BCUT2D eigenvalue weighted by Gasteiger charge is 2.37. The molecule has 1 aliphatic heterocycles. The topological polar surface area (TPSA) is 9.23 Å². The van der Waals surface area contributed by atoms with Gasteiger partial charge in [0.2, 0.25) is 0 Å². The zero-order valence-electron chi connectivity index (χ0n) is 12.9. The number of hydrogen-bond donors (Lipinski definition) is 0. The average molecular weight is 240 g/mol. The van der Waals surface area contributed by atoms with E-state index in [9.17, 15) is 0 Å². The van der Waals surface area contributed by atoms with Crippen molar-refractivity contribution in [3.8, 4) is 0 Å². The van der Waals surface area contributed by atoms with Crippen LogP contribution in [0.3, 0.4) is 0 Å². The quantitative estimate of drug-likeness (QED) is 0.668. The summed E-state index contributed by atoms with van der Waals surface area (Å²) in [6.07, 6.45) is 6.61. The molecule has 1 saturated heterocycles. The third-order valence-electron chi connectivity index (χ3n) is 3.72. The smallest absolute Gasteiger partial charge is 0.0523 e. The van der Waals surface area contributed by atoms with Crippen LogP contribution in [-0.4, -0.2) is 13.2 Å². The molecule has 0 radical (unpaired) electrons. The lowest BCUT2D eigenvalue weighted by molar-refractivity contribution is 0.104. The molecule has 0 aromatic rings. The summed E-state index contributed by atoms with van der Waals surface area (Å²) < 4.78 is 5.69. The fourth-order valence-electron chi connectivity index (χ4n) is 3.19. The molecule has 0 aromatic carbocycles. The number of ether oxygens (including phenoxy) is 1. The van der Waals surface area contributed by atoms with Crippen LogP contribution in [0.5, 0.6) is 0 Å². The first-order valence-electron chi connectivity index (χ1n) is 7.20. The van der Waals surface area contributed by atoms with Gasteiger partial charge in [0.05, 0.1) is 6.61 Å². The van der Waals surface area contributed by atoms with Crippen LogP contribution >= 0.6 is 0 Å². The van der Waals surface area contributed by atoms with Crippen LogP contribution in [0, 0.1) is 16.2 Å². The van der Waals surface area contributed by atoms with E-state index in [1.54, 1.807) is 0 Å². The first-order valence-corrected chi connectivity index (χ1v) is 7.20. The van der Waals surface area contributed by atoms with Gasteiger partial charge in [-0.1, -0.05) is 48.0 Å². The van der Waals surface area contributed by atoms with Gasteiger partial charge in [-0.2, -0.15) is 0 Å². The second-order valence-electron chi connectivity index (χ2n) is 8.45. The molecule has 1 heterocycles. The van der Waals surface area contributed by atoms with Crippen LogP contribution in [-0.2, 0) is 4.74 Å². The molecular formula is C16H32O. The molecule has 0 N–H and O–H groups in total. The van der Waals surface area contributed by atoms with Crippen molar-refractivity contribution < 1.29 is 4.74 Å². The van der Waals surface area contributed by atoms with Gasteiger partial charge >= 0.3 is 0 Å². The van der Waals surface area contributed by atoms with E-state index in [0.29, 0.717) is 16.2 Å². The van der Waals surface area contributed by atoms with Crippen LogP contribution in [0.4, 0.5) is 0 Å². The zero-order chi connectivity index (χ0) is 13.2. The minimum Gasteiger partial charge on any atom is -0.381 e. The molecule has 1 unspecified atom stereocenters. The normalized spacial score (nSPS) is 26.5. The Balaban J connectivity index is 2.49. The van der Waals surface area contributed by atoms with Crippen LogP contribution < -0.4 is 0 Å². The first kappa shape index (κ1) is 15.0. The van der Waals surface area contributed by atoms with Crippen LogP contribution in [0.1, 0.15) is 73.6 Å². The maximum absolute atomic E-state index is 5.69. The fraction of sp³-hybridized carbons (Fsp3) is 1.00. The van der Waals surface area contributed by atoms with E-state index in [2.05, 4.69) is 41.5 Å². The van der Waals surface area contributed by atoms with E-state index in [0.717, 1.165) is 13.2 Å². The Morgan fingerprint density at radius 2 is 1.65 bits per heavy atom. The van der Waals surface area contributed by atoms with Crippen molar-refractivity contribution in [1.29, 1.82) is 0 Å². The highest BCUT2D eigenvalue weighted by Crippen LogP contribution is 2.44. The molecule has 1 aliphatic rings. The molecule has 1 atom stereocenters. The van der Waals surface area contributed by atoms with Gasteiger partial charge in [-0.05, 0) is 41.9 Å². The van der Waals surface area contributed by atoms with E-state index in [-0.39, 0.29) is 0 Å².